The van der Waals surface area contributed by atoms with E-state index in [9.17, 15) is 18.0 Å². The minimum atomic E-state index is -4.40. The fraction of sp³-hybridized carbons (Fsp3) is 0.111. The predicted octanol–water partition coefficient (Wildman–Crippen LogP) is 4.53. The quantitative estimate of drug-likeness (QED) is 0.189. The maximum Gasteiger partial charge on any atom is 0.365 e. The average molecular weight is 547 g/mol. The van der Waals surface area contributed by atoms with E-state index in [4.69, 9.17) is 4.74 Å². The zero-order valence-corrected chi connectivity index (χ0v) is 22.1. The molecule has 5 rings (SSSR count). The van der Waals surface area contributed by atoms with Crippen LogP contribution in [0.25, 0.3) is 11.0 Å². The van der Waals surface area contributed by atoms with Gasteiger partial charge in [-0.05, 0) is 55.1 Å². The van der Waals surface area contributed by atoms with Crippen LogP contribution in [0, 0.1) is 0 Å². The second-order valence-electron chi connectivity index (χ2n) is 8.14. The number of ketones is 1. The fourth-order valence-electron chi connectivity index (χ4n) is 3.96. The summed E-state index contributed by atoms with van der Waals surface area (Å²) in [5.74, 6) is -1.61. The molecule has 2 heterocycles. The van der Waals surface area contributed by atoms with Gasteiger partial charge in [0, 0.05) is 7.05 Å². The molecular formula is C27H22N4O5S2. The lowest BCUT2D eigenvalue weighted by Crippen LogP contribution is -2.23. The molecule has 38 heavy (non-hydrogen) atoms. The number of aryl methyl sites for hydroxylation is 1. The van der Waals surface area contributed by atoms with E-state index >= 15 is 0 Å². The number of para-hydroxylation sites is 3. The third-order valence-corrected chi connectivity index (χ3v) is 8.69. The molecule has 0 spiro atoms. The second-order valence-corrected chi connectivity index (χ2v) is 11.0. The summed E-state index contributed by atoms with van der Waals surface area (Å²) in [6, 6.07) is 23.5. The number of benzene rings is 3. The molecule has 1 aromatic heterocycles. The lowest BCUT2D eigenvalue weighted by molar-refractivity contribution is -0.134. The molecular weight excluding hydrogens is 524 g/mol. The topological polar surface area (TPSA) is 111 Å². The van der Waals surface area contributed by atoms with Crippen LogP contribution >= 0.6 is 11.8 Å². The second kappa shape index (κ2) is 10.3. The highest BCUT2D eigenvalue weighted by molar-refractivity contribution is 8.19. The Morgan fingerprint density at radius 2 is 1.55 bits per heavy atom. The summed E-state index contributed by atoms with van der Waals surface area (Å²) in [5.41, 5.74) is 1.68. The number of carbonyl (C=O) groups is 2. The highest BCUT2D eigenvalue weighted by atomic mass is 32.2. The number of hydrazone groups is 1. The Hall–Kier alpha value is -4.22. The van der Waals surface area contributed by atoms with Crippen LogP contribution < -0.4 is 5.01 Å². The van der Waals surface area contributed by atoms with E-state index in [1.807, 2.05) is 6.07 Å². The molecule has 0 amide bonds. The van der Waals surface area contributed by atoms with E-state index in [0.29, 0.717) is 16.7 Å². The van der Waals surface area contributed by atoms with Gasteiger partial charge >= 0.3 is 5.97 Å². The first-order valence-corrected chi connectivity index (χ1v) is 13.9. The lowest BCUT2D eigenvalue weighted by Gasteiger charge is -2.19. The molecule has 192 valence electrons. The Labute approximate surface area is 223 Å². The van der Waals surface area contributed by atoms with Crippen molar-refractivity contribution in [2.24, 2.45) is 12.1 Å². The number of ether oxygens (including phenoxy) is 1. The first-order valence-electron chi connectivity index (χ1n) is 11.6. The molecule has 0 aliphatic carbocycles. The van der Waals surface area contributed by atoms with Crippen LogP contribution in [0.2, 0.25) is 0 Å². The molecule has 0 atom stereocenters. The number of sulfone groups is 1. The Morgan fingerprint density at radius 1 is 0.921 bits per heavy atom. The van der Waals surface area contributed by atoms with Crippen molar-refractivity contribution in [2.45, 2.75) is 11.8 Å². The van der Waals surface area contributed by atoms with Crippen molar-refractivity contribution >= 4 is 55.1 Å². The molecule has 0 unspecified atom stereocenters. The van der Waals surface area contributed by atoms with Gasteiger partial charge in [0.1, 0.15) is 5.03 Å². The Bertz CT molecular complexity index is 1710. The standard InChI is InChI=1S/C27H22N4O5S2/c1-3-36-27(33)25-29-31(18-12-6-4-7-13-18)26(37-25)23(38(34,35)19-14-8-5-9-15-19)22(32)24-28-20-16-10-11-17-21(20)30(24)2/h4-17H,3H2,1-2H3/b26-23+. The van der Waals surface area contributed by atoms with Gasteiger partial charge < -0.3 is 9.30 Å². The summed E-state index contributed by atoms with van der Waals surface area (Å²) in [5, 5.41) is 5.51. The predicted molar refractivity (Wildman–Crippen MR) is 146 cm³/mol. The number of carbonyl (C=O) groups excluding carboxylic acids is 2. The minimum Gasteiger partial charge on any atom is -0.461 e. The van der Waals surface area contributed by atoms with Gasteiger partial charge in [-0.2, -0.15) is 5.10 Å². The number of esters is 1. The fourth-order valence-corrected chi connectivity index (χ4v) is 6.68. The summed E-state index contributed by atoms with van der Waals surface area (Å²) >= 11 is 0.771. The van der Waals surface area contributed by atoms with Gasteiger partial charge in [0.15, 0.2) is 10.7 Å². The van der Waals surface area contributed by atoms with Crippen molar-refractivity contribution in [3.8, 4) is 0 Å². The molecule has 9 nitrogen and oxygen atoms in total. The third kappa shape index (κ3) is 4.50. The molecule has 0 radical (unpaired) electrons. The molecule has 0 bridgehead atoms. The highest BCUT2D eigenvalue weighted by Crippen LogP contribution is 2.41. The maximum atomic E-state index is 14.2. The number of rotatable bonds is 7. The first kappa shape index (κ1) is 25.4. The summed E-state index contributed by atoms with van der Waals surface area (Å²) < 4.78 is 34.9. The summed E-state index contributed by atoms with van der Waals surface area (Å²) in [6.45, 7) is 1.76. The van der Waals surface area contributed by atoms with Crippen LogP contribution in [0.15, 0.2) is 105 Å². The maximum absolute atomic E-state index is 14.2. The number of Topliss-reactive ketones (excluding diaryl/α,β-unsaturated/α-hetero) is 1. The zero-order chi connectivity index (χ0) is 26.9. The molecule has 0 saturated heterocycles. The van der Waals surface area contributed by atoms with Crippen molar-refractivity contribution in [3.63, 3.8) is 0 Å². The number of hydrogen-bond donors (Lipinski definition) is 0. The van der Waals surface area contributed by atoms with Crippen LogP contribution in [-0.2, 0) is 26.4 Å². The molecule has 3 aromatic carbocycles. The van der Waals surface area contributed by atoms with Gasteiger partial charge in [-0.15, -0.1) is 0 Å². The minimum absolute atomic E-state index is 0.0415. The number of imidazole rings is 1. The summed E-state index contributed by atoms with van der Waals surface area (Å²) in [7, 11) is -2.75. The molecule has 11 heteroatoms. The Morgan fingerprint density at radius 3 is 2.21 bits per heavy atom. The summed E-state index contributed by atoms with van der Waals surface area (Å²) in [4.78, 5) is 30.7. The van der Waals surface area contributed by atoms with E-state index in [1.54, 1.807) is 85.3 Å². The van der Waals surface area contributed by atoms with Crippen LogP contribution in [0.3, 0.4) is 0 Å². The number of fused-ring (bicyclic) bond motifs is 1. The van der Waals surface area contributed by atoms with Crippen molar-refractivity contribution in [1.82, 2.24) is 9.55 Å². The van der Waals surface area contributed by atoms with Crippen molar-refractivity contribution in [3.05, 3.63) is 101 Å². The SMILES string of the molecule is CCOC(=O)C1=NN(c2ccccc2)/C(=C(/C(=O)c2nc3ccccc3n2C)S(=O)(=O)c2ccccc2)S1. The molecule has 0 fully saturated rings. The normalized spacial score (nSPS) is 14.9. The van der Waals surface area contributed by atoms with E-state index in [1.165, 1.54) is 17.1 Å². The monoisotopic (exact) mass is 546 g/mol. The molecule has 4 aromatic rings. The number of anilines is 1. The Balaban J connectivity index is 1.78. The van der Waals surface area contributed by atoms with E-state index in [0.717, 1.165) is 11.8 Å². The van der Waals surface area contributed by atoms with Crippen LogP contribution in [-0.4, -0.2) is 41.4 Å². The van der Waals surface area contributed by atoms with Gasteiger partial charge in [-0.1, -0.05) is 48.5 Å². The van der Waals surface area contributed by atoms with Crippen LogP contribution in [0.5, 0.6) is 0 Å². The van der Waals surface area contributed by atoms with Gasteiger partial charge in [0.2, 0.25) is 20.7 Å². The molecule has 1 aliphatic heterocycles. The smallest absolute Gasteiger partial charge is 0.365 e. The number of allylic oxidation sites excluding steroid dienone is 1. The van der Waals surface area contributed by atoms with Crippen LogP contribution in [0.1, 0.15) is 17.5 Å². The van der Waals surface area contributed by atoms with E-state index in [2.05, 4.69) is 10.1 Å². The van der Waals surface area contributed by atoms with Crippen molar-refractivity contribution < 1.29 is 22.7 Å². The number of nitrogens with zero attached hydrogens (tertiary/aromatic N) is 4. The van der Waals surface area contributed by atoms with E-state index < -0.39 is 26.5 Å². The van der Waals surface area contributed by atoms with E-state index in [-0.39, 0.29) is 27.4 Å². The molecule has 0 N–H and O–H groups in total. The van der Waals surface area contributed by atoms with Crippen LogP contribution in [0.4, 0.5) is 5.69 Å². The number of thioether (sulfide) groups is 1. The lowest BCUT2D eigenvalue weighted by atomic mass is 10.3. The van der Waals surface area contributed by atoms with Gasteiger partial charge in [-0.25, -0.2) is 23.2 Å². The highest BCUT2D eigenvalue weighted by Gasteiger charge is 2.41. The first-order chi connectivity index (χ1) is 18.3. The third-order valence-electron chi connectivity index (χ3n) is 5.74. The molecule has 1 aliphatic rings. The number of aromatic nitrogens is 2. The number of hydrogen-bond acceptors (Lipinski definition) is 9. The zero-order valence-electron chi connectivity index (χ0n) is 20.4. The van der Waals surface area contributed by atoms with Gasteiger partial charge in [0.05, 0.1) is 28.2 Å². The van der Waals surface area contributed by atoms with Crippen molar-refractivity contribution in [1.29, 1.82) is 0 Å². The molecule has 0 saturated carbocycles. The Kier molecular flexibility index (Phi) is 6.87. The summed E-state index contributed by atoms with van der Waals surface area (Å²) in [6.07, 6.45) is 0. The average Bonchev–Trinajstić information content (AvgIpc) is 3.52. The van der Waals surface area contributed by atoms with Gasteiger partial charge in [-0.3, -0.25) is 4.79 Å². The van der Waals surface area contributed by atoms with Crippen molar-refractivity contribution in [2.75, 3.05) is 11.6 Å². The largest absolute Gasteiger partial charge is 0.461 e. The van der Waals surface area contributed by atoms with Gasteiger partial charge in [0.25, 0.3) is 0 Å².